The Kier molecular flexibility index (Phi) is 11.9. The fourth-order valence-electron chi connectivity index (χ4n) is 3.02. The molecule has 0 radical (unpaired) electrons. The van der Waals surface area contributed by atoms with E-state index >= 15 is 0 Å². The van der Waals surface area contributed by atoms with Crippen molar-refractivity contribution in [1.29, 1.82) is 0 Å². The summed E-state index contributed by atoms with van der Waals surface area (Å²) in [5.41, 5.74) is 1.19. The van der Waals surface area contributed by atoms with Crippen molar-refractivity contribution in [2.75, 3.05) is 38.5 Å². The van der Waals surface area contributed by atoms with Gasteiger partial charge in [0.25, 0.3) is 5.91 Å². The molecule has 0 unspecified atom stereocenters. The van der Waals surface area contributed by atoms with Gasteiger partial charge in [-0.1, -0.05) is 41.0 Å². The first-order valence-electron chi connectivity index (χ1n) is 9.93. The lowest BCUT2D eigenvalue weighted by molar-refractivity contribution is -0.135. The van der Waals surface area contributed by atoms with Gasteiger partial charge in [-0.25, -0.2) is 4.98 Å². The van der Waals surface area contributed by atoms with Crippen molar-refractivity contribution in [3.63, 3.8) is 0 Å². The topological polar surface area (TPSA) is 121 Å². The molecule has 1 aliphatic rings. The van der Waals surface area contributed by atoms with Crippen LogP contribution < -0.4 is 10.6 Å². The van der Waals surface area contributed by atoms with E-state index in [9.17, 15) is 14.4 Å². The molecule has 1 aliphatic heterocycles. The van der Waals surface area contributed by atoms with Crippen LogP contribution in [0, 0.1) is 0 Å². The van der Waals surface area contributed by atoms with E-state index < -0.39 is 18.4 Å². The van der Waals surface area contributed by atoms with E-state index in [2.05, 4.69) is 20.5 Å². The smallest absolute Gasteiger partial charge is 0.322 e. The highest BCUT2D eigenvalue weighted by Gasteiger charge is 2.21. The van der Waals surface area contributed by atoms with Crippen LogP contribution in [-0.2, 0) is 20.9 Å². The number of carboxylic acid groups (broad SMARTS) is 1. The Labute approximate surface area is 220 Å². The van der Waals surface area contributed by atoms with Crippen LogP contribution in [0.5, 0.6) is 0 Å². The zero-order valence-electron chi connectivity index (χ0n) is 17.8. The number of nitrogens with zero attached hydrogens (tertiary/aromatic N) is 2. The molecule has 14 heteroatoms. The highest BCUT2D eigenvalue weighted by Crippen LogP contribution is 2.24. The van der Waals surface area contributed by atoms with Crippen LogP contribution in [-0.4, -0.2) is 77.4 Å². The summed E-state index contributed by atoms with van der Waals surface area (Å²) in [6.45, 7) is 2.66. The van der Waals surface area contributed by atoms with E-state index in [0.717, 1.165) is 12.1 Å². The molecular weight excluding hydrogens is 547 g/mol. The summed E-state index contributed by atoms with van der Waals surface area (Å²) in [4.78, 5) is 40.9. The highest BCUT2D eigenvalue weighted by molar-refractivity contribution is 8.01. The van der Waals surface area contributed by atoms with Gasteiger partial charge in [-0.05, 0) is 17.7 Å². The van der Waals surface area contributed by atoms with Gasteiger partial charge in [0, 0.05) is 31.6 Å². The average molecular weight is 570 g/mol. The number of aromatic nitrogens is 1. The van der Waals surface area contributed by atoms with Crippen LogP contribution in [0.25, 0.3) is 0 Å². The third-order valence-corrected chi connectivity index (χ3v) is 7.34. The molecule has 1 fully saturated rings. The lowest BCUT2D eigenvalue weighted by Gasteiger charge is -2.33. The first-order chi connectivity index (χ1) is 15.8. The average Bonchev–Trinajstić information content (AvgIpc) is 3.26. The van der Waals surface area contributed by atoms with Crippen molar-refractivity contribution < 1.29 is 24.2 Å². The molecule has 1 aromatic heterocycles. The van der Waals surface area contributed by atoms with E-state index in [1.54, 1.807) is 6.07 Å². The summed E-state index contributed by atoms with van der Waals surface area (Å²) in [6, 6.07) is 5.58. The highest BCUT2D eigenvalue weighted by atomic mass is 35.5. The number of hydrogen-bond donors (Lipinski definition) is 3. The van der Waals surface area contributed by atoms with Crippen molar-refractivity contribution in [2.45, 2.75) is 17.0 Å². The van der Waals surface area contributed by atoms with Gasteiger partial charge in [0.2, 0.25) is 5.91 Å². The molecule has 2 aromatic rings. The molecule has 34 heavy (non-hydrogen) atoms. The molecule has 0 bridgehead atoms. The largest absolute Gasteiger partial charge is 0.480 e. The Bertz CT molecular complexity index is 1010. The quantitative estimate of drug-likeness (QED) is 0.374. The molecule has 0 saturated carbocycles. The van der Waals surface area contributed by atoms with E-state index in [4.69, 9.17) is 33.0 Å². The molecule has 2 amide bonds. The maximum Gasteiger partial charge on any atom is 0.322 e. The molecule has 3 N–H and O–H groups in total. The van der Waals surface area contributed by atoms with Gasteiger partial charge in [0.1, 0.15) is 12.2 Å². The first kappa shape index (κ1) is 28.6. The van der Waals surface area contributed by atoms with Crippen molar-refractivity contribution in [3.8, 4) is 0 Å². The second kappa shape index (κ2) is 14.1. The van der Waals surface area contributed by atoms with Gasteiger partial charge in [0.15, 0.2) is 4.34 Å². The molecular formula is C20H23Cl3N4O5S2. The number of halogens is 3. The van der Waals surface area contributed by atoms with Crippen LogP contribution >= 0.6 is 58.7 Å². The van der Waals surface area contributed by atoms with E-state index in [-0.39, 0.29) is 35.9 Å². The maximum absolute atomic E-state index is 12.2. The second-order valence-corrected chi connectivity index (χ2v) is 10.0. The number of aliphatic carboxylic acids is 1. The van der Waals surface area contributed by atoms with Crippen LogP contribution in [0.4, 0.5) is 0 Å². The summed E-state index contributed by atoms with van der Waals surface area (Å²) < 4.78 is 6.31. The summed E-state index contributed by atoms with van der Waals surface area (Å²) in [5, 5.41) is 16.3. The van der Waals surface area contributed by atoms with Gasteiger partial charge >= 0.3 is 5.97 Å². The molecule has 186 valence electrons. The van der Waals surface area contributed by atoms with Gasteiger partial charge < -0.3 is 20.5 Å². The monoisotopic (exact) mass is 568 g/mol. The number of rotatable bonds is 10. The third-order valence-electron chi connectivity index (χ3n) is 4.58. The van der Waals surface area contributed by atoms with Gasteiger partial charge in [-0.2, -0.15) is 0 Å². The number of carbonyl (C=O) groups excluding carboxylic acids is 2. The predicted molar refractivity (Wildman–Crippen MR) is 135 cm³/mol. The Morgan fingerprint density at radius 2 is 2.06 bits per heavy atom. The maximum atomic E-state index is 12.2. The Morgan fingerprint density at radius 1 is 1.26 bits per heavy atom. The SMILES string of the molecule is Cl.O=C(O)CNC(=O)c1csc(SCC(=O)NC[C@H]2CN(Cc3ccc(Cl)c(Cl)c3)CCO2)n1. The number of hydrogen-bond acceptors (Lipinski definition) is 8. The Balaban J connectivity index is 0.00000408. The van der Waals surface area contributed by atoms with Gasteiger partial charge in [-0.15, -0.1) is 23.7 Å². The van der Waals surface area contributed by atoms with Gasteiger partial charge in [0.05, 0.1) is 28.5 Å². The Morgan fingerprint density at radius 3 is 2.79 bits per heavy atom. The summed E-state index contributed by atoms with van der Waals surface area (Å²) in [6.07, 6.45) is -0.125. The molecule has 1 atom stereocenters. The summed E-state index contributed by atoms with van der Waals surface area (Å²) in [7, 11) is 0. The van der Waals surface area contributed by atoms with Crippen LogP contribution in [0.1, 0.15) is 16.1 Å². The molecule has 0 spiro atoms. The molecule has 9 nitrogen and oxygen atoms in total. The predicted octanol–water partition coefficient (Wildman–Crippen LogP) is 2.80. The standard InChI is InChI=1S/C20H22Cl2N4O5S2.ClH/c21-14-2-1-12(5-15(14)22)8-26-3-4-31-13(9-26)6-23-17(27)11-33-20-25-16(10-32-20)19(30)24-7-18(28)29;/h1-2,5,10,13H,3-4,6-9,11H2,(H,23,27)(H,24,30)(H,28,29);1H/t13-;/m0./s1. The van der Waals surface area contributed by atoms with Crippen molar-refractivity contribution in [1.82, 2.24) is 20.5 Å². The minimum absolute atomic E-state index is 0. The van der Waals surface area contributed by atoms with Crippen LogP contribution in [0.3, 0.4) is 0 Å². The number of thioether (sulfide) groups is 1. The van der Waals surface area contributed by atoms with Gasteiger partial charge in [-0.3, -0.25) is 19.3 Å². The normalized spacial score (nSPS) is 15.9. The number of thiazole rings is 1. The zero-order chi connectivity index (χ0) is 23.8. The summed E-state index contributed by atoms with van der Waals surface area (Å²) in [5.74, 6) is -1.73. The minimum Gasteiger partial charge on any atom is -0.480 e. The van der Waals surface area contributed by atoms with Crippen molar-refractivity contribution >= 4 is 76.5 Å². The lowest BCUT2D eigenvalue weighted by atomic mass is 10.2. The number of carbonyl (C=O) groups is 3. The van der Waals surface area contributed by atoms with E-state index in [0.29, 0.717) is 40.6 Å². The fourth-order valence-corrected chi connectivity index (χ4v) is 4.98. The molecule has 2 heterocycles. The molecule has 1 aromatic carbocycles. The second-order valence-electron chi connectivity index (χ2n) is 7.14. The first-order valence-corrected chi connectivity index (χ1v) is 12.5. The zero-order valence-corrected chi connectivity index (χ0v) is 21.8. The van der Waals surface area contributed by atoms with E-state index in [1.807, 2.05) is 12.1 Å². The minimum atomic E-state index is -1.13. The Hall–Kier alpha value is -1.60. The van der Waals surface area contributed by atoms with E-state index in [1.165, 1.54) is 28.5 Å². The molecule has 0 aliphatic carbocycles. The third kappa shape index (κ3) is 9.21. The van der Waals surface area contributed by atoms with Crippen LogP contribution in [0.15, 0.2) is 27.9 Å². The number of benzene rings is 1. The lowest BCUT2D eigenvalue weighted by Crippen LogP contribution is -2.47. The fraction of sp³-hybridized carbons (Fsp3) is 0.400. The number of ether oxygens (including phenoxy) is 1. The molecule has 1 saturated heterocycles. The summed E-state index contributed by atoms with van der Waals surface area (Å²) >= 11 is 14.5. The van der Waals surface area contributed by atoms with Crippen LogP contribution in [0.2, 0.25) is 10.0 Å². The van der Waals surface area contributed by atoms with Crippen molar-refractivity contribution in [3.05, 3.63) is 44.9 Å². The number of carboxylic acids is 1. The number of amides is 2. The van der Waals surface area contributed by atoms with Crippen molar-refractivity contribution in [2.24, 2.45) is 0 Å². The number of nitrogens with one attached hydrogen (secondary N) is 2. The molecule has 3 rings (SSSR count). The number of morpholine rings is 1.